The number of ether oxygens (including phenoxy) is 1. The molecule has 0 atom stereocenters. The number of methoxy groups -OCH3 is 1. The Balaban J connectivity index is 2.25. The minimum atomic E-state index is -0.278. The van der Waals surface area contributed by atoms with Crippen molar-refractivity contribution in [1.29, 1.82) is 5.26 Å². The van der Waals surface area contributed by atoms with Crippen molar-refractivity contribution in [2.45, 2.75) is 13.8 Å². The predicted molar refractivity (Wildman–Crippen MR) is 77.2 cm³/mol. The van der Waals surface area contributed by atoms with Gasteiger partial charge >= 0.3 is 6.01 Å². The van der Waals surface area contributed by atoms with Crippen molar-refractivity contribution in [3.8, 4) is 12.1 Å². The third-order valence-corrected chi connectivity index (χ3v) is 2.95. The van der Waals surface area contributed by atoms with Crippen molar-refractivity contribution in [3.63, 3.8) is 0 Å². The minimum Gasteiger partial charge on any atom is -0.467 e. The molecule has 0 saturated carbocycles. The molecule has 1 aromatic carbocycles. The van der Waals surface area contributed by atoms with Crippen LogP contribution in [0.4, 0.5) is 5.69 Å². The number of nitrogens with one attached hydrogen (secondary N) is 1. The SMILES string of the molecule is COc1nc(C)c(NC(=O)c2ccc(C#N)cc2)c(C)n1. The number of nitriles is 1. The van der Waals surface area contributed by atoms with E-state index in [2.05, 4.69) is 15.3 Å². The molecule has 106 valence electrons. The first-order valence-electron chi connectivity index (χ1n) is 6.26. The molecule has 1 heterocycles. The van der Waals surface area contributed by atoms with E-state index in [1.807, 2.05) is 6.07 Å². The lowest BCUT2D eigenvalue weighted by Crippen LogP contribution is -2.15. The second-order valence-corrected chi connectivity index (χ2v) is 4.40. The number of benzene rings is 1. The Morgan fingerprint density at radius 1 is 1.19 bits per heavy atom. The first kappa shape index (κ1) is 14.5. The number of carbonyl (C=O) groups is 1. The fraction of sp³-hybridized carbons (Fsp3) is 0.200. The Labute approximate surface area is 122 Å². The molecule has 2 rings (SSSR count). The summed E-state index contributed by atoms with van der Waals surface area (Å²) in [5, 5.41) is 11.5. The van der Waals surface area contributed by atoms with Gasteiger partial charge in [-0.25, -0.2) is 0 Å². The second kappa shape index (κ2) is 6.01. The van der Waals surface area contributed by atoms with Gasteiger partial charge in [-0.2, -0.15) is 15.2 Å². The van der Waals surface area contributed by atoms with Crippen LogP contribution in [0.1, 0.15) is 27.3 Å². The molecule has 0 unspecified atom stereocenters. The molecule has 1 N–H and O–H groups in total. The summed E-state index contributed by atoms with van der Waals surface area (Å²) < 4.78 is 4.98. The molecule has 1 amide bonds. The molecule has 21 heavy (non-hydrogen) atoms. The van der Waals surface area contributed by atoms with Gasteiger partial charge in [0.05, 0.1) is 35.8 Å². The zero-order valence-corrected chi connectivity index (χ0v) is 12.0. The lowest BCUT2D eigenvalue weighted by atomic mass is 10.1. The molecule has 0 spiro atoms. The molecule has 0 bridgehead atoms. The third kappa shape index (κ3) is 3.15. The van der Waals surface area contributed by atoms with Gasteiger partial charge in [0.1, 0.15) is 0 Å². The zero-order chi connectivity index (χ0) is 15.4. The van der Waals surface area contributed by atoms with E-state index in [4.69, 9.17) is 10.00 Å². The third-order valence-electron chi connectivity index (χ3n) is 2.95. The summed E-state index contributed by atoms with van der Waals surface area (Å²) in [5.74, 6) is -0.278. The van der Waals surface area contributed by atoms with Gasteiger partial charge in [-0.3, -0.25) is 4.79 Å². The Morgan fingerprint density at radius 3 is 2.24 bits per heavy atom. The minimum absolute atomic E-state index is 0.265. The van der Waals surface area contributed by atoms with Gasteiger partial charge in [-0.15, -0.1) is 0 Å². The van der Waals surface area contributed by atoms with Crippen molar-refractivity contribution in [2.75, 3.05) is 12.4 Å². The van der Waals surface area contributed by atoms with Crippen LogP contribution >= 0.6 is 0 Å². The van der Waals surface area contributed by atoms with E-state index in [0.29, 0.717) is 28.2 Å². The lowest BCUT2D eigenvalue weighted by molar-refractivity contribution is 0.102. The number of carbonyl (C=O) groups excluding carboxylic acids is 1. The highest BCUT2D eigenvalue weighted by Gasteiger charge is 2.13. The van der Waals surface area contributed by atoms with Crippen molar-refractivity contribution < 1.29 is 9.53 Å². The van der Waals surface area contributed by atoms with Gasteiger partial charge in [-0.1, -0.05) is 0 Å². The van der Waals surface area contributed by atoms with Gasteiger partial charge < -0.3 is 10.1 Å². The van der Waals surface area contributed by atoms with Crippen LogP contribution in [0.15, 0.2) is 24.3 Å². The van der Waals surface area contributed by atoms with Crippen molar-refractivity contribution >= 4 is 11.6 Å². The van der Waals surface area contributed by atoms with E-state index in [9.17, 15) is 4.79 Å². The van der Waals surface area contributed by atoms with Gasteiger partial charge in [0.15, 0.2) is 0 Å². The Bertz CT molecular complexity index is 694. The summed E-state index contributed by atoms with van der Waals surface area (Å²) in [6, 6.07) is 8.67. The van der Waals surface area contributed by atoms with E-state index >= 15 is 0 Å². The first-order valence-corrected chi connectivity index (χ1v) is 6.26. The van der Waals surface area contributed by atoms with Crippen LogP contribution in [-0.4, -0.2) is 23.0 Å². The maximum atomic E-state index is 12.2. The van der Waals surface area contributed by atoms with Crippen LogP contribution in [-0.2, 0) is 0 Å². The average molecular weight is 282 g/mol. The molecule has 1 aromatic heterocycles. The lowest BCUT2D eigenvalue weighted by Gasteiger charge is -2.11. The monoisotopic (exact) mass is 282 g/mol. The Morgan fingerprint density at radius 2 is 1.76 bits per heavy atom. The molecule has 0 aliphatic rings. The number of hydrogen-bond donors (Lipinski definition) is 1. The average Bonchev–Trinajstić information content (AvgIpc) is 2.50. The van der Waals surface area contributed by atoms with E-state index in [1.54, 1.807) is 38.1 Å². The topological polar surface area (TPSA) is 87.9 Å². The maximum Gasteiger partial charge on any atom is 0.316 e. The number of aromatic nitrogens is 2. The molecule has 6 nitrogen and oxygen atoms in total. The van der Waals surface area contributed by atoms with Crippen LogP contribution in [0.2, 0.25) is 0 Å². The summed E-state index contributed by atoms with van der Waals surface area (Å²) in [6.07, 6.45) is 0. The van der Waals surface area contributed by atoms with E-state index in [1.165, 1.54) is 7.11 Å². The summed E-state index contributed by atoms with van der Waals surface area (Å²) in [5.41, 5.74) is 2.78. The van der Waals surface area contributed by atoms with Crippen molar-refractivity contribution in [1.82, 2.24) is 9.97 Å². The van der Waals surface area contributed by atoms with Crippen molar-refractivity contribution in [2.24, 2.45) is 0 Å². The summed E-state index contributed by atoms with van der Waals surface area (Å²) in [7, 11) is 1.49. The molecule has 0 radical (unpaired) electrons. The van der Waals surface area contributed by atoms with Crippen LogP contribution < -0.4 is 10.1 Å². The first-order chi connectivity index (χ1) is 10.0. The number of nitrogens with zero attached hydrogens (tertiary/aromatic N) is 3. The summed E-state index contributed by atoms with van der Waals surface area (Å²) in [4.78, 5) is 20.5. The van der Waals surface area contributed by atoms with Crippen LogP contribution in [0.25, 0.3) is 0 Å². The Kier molecular flexibility index (Phi) is 4.14. The molecule has 0 fully saturated rings. The van der Waals surface area contributed by atoms with Gasteiger partial charge in [0, 0.05) is 5.56 Å². The fourth-order valence-electron chi connectivity index (χ4n) is 1.84. The largest absolute Gasteiger partial charge is 0.467 e. The molecule has 6 heteroatoms. The number of aryl methyl sites for hydroxylation is 2. The highest BCUT2D eigenvalue weighted by Crippen LogP contribution is 2.20. The highest BCUT2D eigenvalue weighted by atomic mass is 16.5. The van der Waals surface area contributed by atoms with Gasteiger partial charge in [-0.05, 0) is 38.1 Å². The predicted octanol–water partition coefficient (Wildman–Crippen LogP) is 2.23. The van der Waals surface area contributed by atoms with E-state index in [-0.39, 0.29) is 11.9 Å². The Hall–Kier alpha value is -2.94. The van der Waals surface area contributed by atoms with Crippen molar-refractivity contribution in [3.05, 3.63) is 46.8 Å². The van der Waals surface area contributed by atoms with E-state index < -0.39 is 0 Å². The molecule has 2 aromatic rings. The summed E-state index contributed by atoms with van der Waals surface area (Å²) >= 11 is 0. The molecule has 0 aliphatic heterocycles. The van der Waals surface area contributed by atoms with Gasteiger partial charge in [0.2, 0.25) is 0 Å². The van der Waals surface area contributed by atoms with Crippen LogP contribution in [0, 0.1) is 25.2 Å². The maximum absolute atomic E-state index is 12.2. The van der Waals surface area contributed by atoms with Crippen LogP contribution in [0.5, 0.6) is 6.01 Å². The smallest absolute Gasteiger partial charge is 0.316 e. The molecule has 0 saturated heterocycles. The normalized spacial score (nSPS) is 9.81. The van der Waals surface area contributed by atoms with E-state index in [0.717, 1.165) is 0 Å². The highest BCUT2D eigenvalue weighted by molar-refractivity contribution is 6.04. The molecular formula is C15H14N4O2. The number of anilines is 1. The summed E-state index contributed by atoms with van der Waals surface area (Å²) in [6.45, 7) is 3.54. The second-order valence-electron chi connectivity index (χ2n) is 4.40. The number of amides is 1. The fourth-order valence-corrected chi connectivity index (χ4v) is 1.84. The standard InChI is InChI=1S/C15H14N4O2/c1-9-13(10(2)18-15(17-9)21-3)19-14(20)12-6-4-11(8-16)5-7-12/h4-7H,1-3H3,(H,19,20). The number of hydrogen-bond acceptors (Lipinski definition) is 5. The van der Waals surface area contributed by atoms with Gasteiger partial charge in [0.25, 0.3) is 5.91 Å². The molecular weight excluding hydrogens is 268 g/mol. The number of rotatable bonds is 3. The van der Waals surface area contributed by atoms with Crippen LogP contribution in [0.3, 0.4) is 0 Å². The molecule has 0 aliphatic carbocycles. The quantitative estimate of drug-likeness (QED) is 0.932. The zero-order valence-electron chi connectivity index (χ0n) is 12.0.